The van der Waals surface area contributed by atoms with Crippen LogP contribution in [0.5, 0.6) is 5.75 Å². The number of pyridine rings is 1. The first kappa shape index (κ1) is 25.7. The number of aliphatic hydroxyl groups is 1. The van der Waals surface area contributed by atoms with E-state index in [0.717, 1.165) is 12.1 Å². The van der Waals surface area contributed by atoms with Gasteiger partial charge in [-0.3, -0.25) is 9.79 Å². The third-order valence-electron chi connectivity index (χ3n) is 6.01. The third kappa shape index (κ3) is 4.81. The lowest BCUT2D eigenvalue weighted by Gasteiger charge is -2.37. The van der Waals surface area contributed by atoms with E-state index >= 15 is 0 Å². The van der Waals surface area contributed by atoms with E-state index in [1.807, 2.05) is 0 Å². The molecule has 0 fully saturated rings. The van der Waals surface area contributed by atoms with Crippen molar-refractivity contribution in [2.45, 2.75) is 38.0 Å². The van der Waals surface area contributed by atoms with Gasteiger partial charge in [0.1, 0.15) is 11.6 Å². The predicted octanol–water partition coefficient (Wildman–Crippen LogP) is 6.15. The van der Waals surface area contributed by atoms with Gasteiger partial charge >= 0.3 is 6.18 Å². The highest BCUT2D eigenvalue weighted by molar-refractivity contribution is 6.30. The molecule has 0 spiro atoms. The molecular weight excluding hydrogens is 476 g/mol. The maximum atomic E-state index is 14.2. The lowest BCUT2D eigenvalue weighted by atomic mass is 9.74. The summed E-state index contributed by atoms with van der Waals surface area (Å²) in [4.78, 5) is 17.7. The Kier molecular flexibility index (Phi) is 7.38. The minimum atomic E-state index is -5.08. The number of methoxy groups -OCH3 is 1. The molecule has 3 atom stereocenters. The van der Waals surface area contributed by atoms with Crippen LogP contribution in [0, 0.1) is 11.7 Å². The summed E-state index contributed by atoms with van der Waals surface area (Å²) in [5.74, 6) is -2.61. The van der Waals surface area contributed by atoms with E-state index in [1.165, 1.54) is 32.2 Å². The second-order valence-electron chi connectivity index (χ2n) is 7.95. The SMILES string of the molecule is CCC(c1ccc(Cl)cc1OC)C(C)C(O)(C=Nc1ccc(F)c2[nH]c(=O)ccc12)C(F)(F)F. The average molecular weight is 499 g/mol. The number of benzene rings is 2. The fraction of sp³-hybridized carbons (Fsp3) is 0.333. The van der Waals surface area contributed by atoms with Crippen LogP contribution in [-0.2, 0) is 0 Å². The molecule has 2 aromatic carbocycles. The lowest BCUT2D eigenvalue weighted by molar-refractivity contribution is -0.247. The number of alkyl halides is 3. The zero-order chi connectivity index (χ0) is 25.3. The fourth-order valence-electron chi connectivity index (χ4n) is 4.07. The number of aromatic amines is 1. The molecule has 2 N–H and O–H groups in total. The number of ether oxygens (including phenoxy) is 1. The predicted molar refractivity (Wildman–Crippen MR) is 124 cm³/mol. The largest absolute Gasteiger partial charge is 0.496 e. The Hall–Kier alpha value is -2.91. The molecule has 0 aliphatic heterocycles. The number of hydrogen-bond acceptors (Lipinski definition) is 4. The Labute approximate surface area is 198 Å². The first-order valence-corrected chi connectivity index (χ1v) is 10.8. The van der Waals surface area contributed by atoms with Crippen molar-refractivity contribution in [3.8, 4) is 5.75 Å². The number of nitrogens with zero attached hydrogens (tertiary/aromatic N) is 1. The van der Waals surface area contributed by atoms with Crippen molar-refractivity contribution in [1.82, 2.24) is 4.98 Å². The summed E-state index contributed by atoms with van der Waals surface area (Å²) in [5.41, 5.74) is -3.68. The highest BCUT2D eigenvalue weighted by atomic mass is 35.5. The summed E-state index contributed by atoms with van der Waals surface area (Å²) in [6, 6.07) is 9.14. The maximum absolute atomic E-state index is 14.2. The maximum Gasteiger partial charge on any atom is 0.422 e. The van der Waals surface area contributed by atoms with Gasteiger partial charge in [0.15, 0.2) is 5.60 Å². The lowest BCUT2D eigenvalue weighted by Crippen LogP contribution is -2.53. The number of halogens is 5. The van der Waals surface area contributed by atoms with E-state index in [0.29, 0.717) is 22.6 Å². The first-order chi connectivity index (χ1) is 15.9. The minimum Gasteiger partial charge on any atom is -0.496 e. The molecule has 182 valence electrons. The number of aromatic nitrogens is 1. The van der Waals surface area contributed by atoms with Crippen molar-refractivity contribution < 1.29 is 27.4 Å². The van der Waals surface area contributed by atoms with Crippen molar-refractivity contribution in [2.75, 3.05) is 7.11 Å². The second kappa shape index (κ2) is 9.76. The number of fused-ring (bicyclic) bond motifs is 1. The van der Waals surface area contributed by atoms with E-state index in [2.05, 4.69) is 9.98 Å². The van der Waals surface area contributed by atoms with Crippen molar-refractivity contribution in [1.29, 1.82) is 0 Å². The summed E-state index contributed by atoms with van der Waals surface area (Å²) in [6.07, 6.45) is -4.39. The number of nitrogens with one attached hydrogen (secondary N) is 1. The van der Waals surface area contributed by atoms with Crippen molar-refractivity contribution >= 4 is 34.4 Å². The Morgan fingerprint density at radius 3 is 2.53 bits per heavy atom. The van der Waals surface area contributed by atoms with Gasteiger partial charge in [-0.1, -0.05) is 31.5 Å². The molecule has 0 aliphatic rings. The summed E-state index contributed by atoms with van der Waals surface area (Å²) in [5, 5.41) is 11.4. The quantitative estimate of drug-likeness (QED) is 0.303. The summed E-state index contributed by atoms with van der Waals surface area (Å²) < 4.78 is 62.2. The minimum absolute atomic E-state index is 0.0420. The van der Waals surface area contributed by atoms with Crippen LogP contribution in [0.2, 0.25) is 5.02 Å². The molecule has 3 aromatic rings. The molecular formula is C24H23ClF4N2O3. The normalized spacial score (nSPS) is 15.9. The van der Waals surface area contributed by atoms with Crippen molar-refractivity contribution in [3.05, 3.63) is 69.2 Å². The van der Waals surface area contributed by atoms with E-state index in [1.54, 1.807) is 19.1 Å². The zero-order valence-corrected chi connectivity index (χ0v) is 19.3. The van der Waals surface area contributed by atoms with Gasteiger partial charge < -0.3 is 14.8 Å². The number of hydrogen-bond donors (Lipinski definition) is 2. The molecule has 5 nitrogen and oxygen atoms in total. The zero-order valence-electron chi connectivity index (χ0n) is 18.6. The molecule has 1 aromatic heterocycles. The van der Waals surface area contributed by atoms with E-state index in [-0.39, 0.29) is 23.0 Å². The van der Waals surface area contributed by atoms with Gasteiger partial charge in [-0.15, -0.1) is 0 Å². The van der Waals surface area contributed by atoms with E-state index < -0.39 is 35.0 Å². The molecule has 0 bridgehead atoms. The van der Waals surface area contributed by atoms with Crippen LogP contribution >= 0.6 is 11.6 Å². The van der Waals surface area contributed by atoms with Gasteiger partial charge in [-0.05, 0) is 48.2 Å². The Morgan fingerprint density at radius 2 is 1.91 bits per heavy atom. The number of H-pyrrole nitrogens is 1. The van der Waals surface area contributed by atoms with Crippen LogP contribution in [0.15, 0.2) is 52.3 Å². The van der Waals surface area contributed by atoms with Gasteiger partial charge in [0.05, 0.1) is 18.3 Å². The highest BCUT2D eigenvalue weighted by Crippen LogP contribution is 2.45. The van der Waals surface area contributed by atoms with Gasteiger partial charge in [-0.25, -0.2) is 4.39 Å². The van der Waals surface area contributed by atoms with Crippen LogP contribution in [0.4, 0.5) is 23.2 Å². The average Bonchev–Trinajstić information content (AvgIpc) is 2.79. The number of aliphatic imine (C=N–C) groups is 1. The molecule has 0 amide bonds. The summed E-state index contributed by atoms with van der Waals surface area (Å²) in [7, 11) is 1.38. The van der Waals surface area contributed by atoms with Crippen LogP contribution in [-0.4, -0.2) is 35.2 Å². The van der Waals surface area contributed by atoms with Gasteiger partial charge in [-0.2, -0.15) is 13.2 Å². The topological polar surface area (TPSA) is 74.7 Å². The smallest absolute Gasteiger partial charge is 0.422 e. The van der Waals surface area contributed by atoms with Gasteiger partial charge in [0, 0.05) is 28.6 Å². The Balaban J connectivity index is 2.11. The molecule has 3 rings (SSSR count). The molecule has 3 unspecified atom stereocenters. The fourth-order valence-corrected chi connectivity index (χ4v) is 4.23. The molecule has 0 saturated carbocycles. The van der Waals surface area contributed by atoms with Crippen LogP contribution < -0.4 is 10.3 Å². The first-order valence-electron chi connectivity index (χ1n) is 10.4. The third-order valence-corrected chi connectivity index (χ3v) is 6.24. The molecule has 0 aliphatic carbocycles. The Morgan fingerprint density at radius 1 is 1.21 bits per heavy atom. The summed E-state index contributed by atoms with van der Waals surface area (Å²) in [6.45, 7) is 2.98. The summed E-state index contributed by atoms with van der Waals surface area (Å²) >= 11 is 5.99. The van der Waals surface area contributed by atoms with Crippen molar-refractivity contribution in [3.63, 3.8) is 0 Å². The van der Waals surface area contributed by atoms with Gasteiger partial charge in [0.25, 0.3) is 0 Å². The van der Waals surface area contributed by atoms with Crippen molar-refractivity contribution in [2.24, 2.45) is 10.9 Å². The van der Waals surface area contributed by atoms with E-state index in [4.69, 9.17) is 16.3 Å². The van der Waals surface area contributed by atoms with Crippen LogP contribution in [0.25, 0.3) is 10.9 Å². The van der Waals surface area contributed by atoms with Crippen LogP contribution in [0.3, 0.4) is 0 Å². The molecule has 10 heteroatoms. The van der Waals surface area contributed by atoms with Crippen LogP contribution in [0.1, 0.15) is 31.7 Å². The number of rotatable bonds is 7. The monoisotopic (exact) mass is 498 g/mol. The Bertz CT molecular complexity index is 1280. The highest BCUT2D eigenvalue weighted by Gasteiger charge is 2.58. The van der Waals surface area contributed by atoms with Gasteiger partial charge in [0.2, 0.25) is 5.56 Å². The molecule has 34 heavy (non-hydrogen) atoms. The molecule has 0 saturated heterocycles. The molecule has 1 heterocycles. The molecule has 0 radical (unpaired) electrons. The second-order valence-corrected chi connectivity index (χ2v) is 8.39. The van der Waals surface area contributed by atoms with E-state index in [9.17, 15) is 27.5 Å². The standard InChI is InChI=1S/C24H23ClF4N2O3/c1-4-15(16-6-5-14(25)11-20(16)34-3)13(2)23(33,24(27,28)29)12-30-19-9-8-18(26)22-17(19)7-10-21(32)31-22/h5-13,15,33H,4H2,1-3H3,(H,31,32).